The molecule has 1 aromatic rings. The van der Waals surface area contributed by atoms with Crippen LogP contribution >= 0.6 is 0 Å². The molecule has 0 aromatic carbocycles. The van der Waals surface area contributed by atoms with Gasteiger partial charge >= 0.3 is 5.97 Å². The van der Waals surface area contributed by atoms with Crippen LogP contribution in [0.3, 0.4) is 0 Å². The van der Waals surface area contributed by atoms with E-state index in [-0.39, 0.29) is 5.92 Å². The zero-order chi connectivity index (χ0) is 13.0. The Morgan fingerprint density at radius 2 is 2.50 bits per heavy atom. The lowest BCUT2D eigenvalue weighted by Gasteiger charge is -2.32. The van der Waals surface area contributed by atoms with Crippen molar-refractivity contribution in [2.75, 3.05) is 6.54 Å². The zero-order valence-electron chi connectivity index (χ0n) is 10.8. The van der Waals surface area contributed by atoms with Crippen molar-refractivity contribution in [1.82, 2.24) is 15.1 Å². The summed E-state index contributed by atoms with van der Waals surface area (Å²) in [5.41, 5.74) is -0.720. The molecule has 1 aliphatic carbocycles. The first-order valence-corrected chi connectivity index (χ1v) is 6.65. The van der Waals surface area contributed by atoms with E-state index in [2.05, 4.69) is 10.4 Å². The first kappa shape index (κ1) is 13.1. The van der Waals surface area contributed by atoms with E-state index < -0.39 is 11.5 Å². The smallest absolute Gasteiger partial charge is 0.324 e. The van der Waals surface area contributed by atoms with Crippen LogP contribution in [0.2, 0.25) is 0 Å². The predicted octanol–water partition coefficient (Wildman–Crippen LogP) is 1.51. The Hall–Kier alpha value is -1.36. The number of aliphatic carboxylic acids is 1. The fourth-order valence-corrected chi connectivity index (χ4v) is 3.09. The molecule has 0 saturated heterocycles. The molecule has 1 saturated carbocycles. The topological polar surface area (TPSA) is 67.2 Å². The van der Waals surface area contributed by atoms with Gasteiger partial charge in [-0.2, -0.15) is 5.10 Å². The molecule has 2 unspecified atom stereocenters. The van der Waals surface area contributed by atoms with Crippen molar-refractivity contribution in [3.63, 3.8) is 0 Å². The Kier molecular flexibility index (Phi) is 4.01. The molecule has 0 amide bonds. The van der Waals surface area contributed by atoms with Crippen LogP contribution < -0.4 is 5.32 Å². The minimum Gasteiger partial charge on any atom is -0.480 e. The van der Waals surface area contributed by atoms with Gasteiger partial charge in [-0.3, -0.25) is 9.48 Å². The molecule has 100 valence electrons. The monoisotopic (exact) mass is 251 g/mol. The molecule has 1 aliphatic rings. The Morgan fingerprint density at radius 1 is 1.67 bits per heavy atom. The maximum absolute atomic E-state index is 11.6. The summed E-state index contributed by atoms with van der Waals surface area (Å²) in [5.74, 6) is -0.508. The maximum atomic E-state index is 11.6. The number of carboxylic acids is 1. The molecule has 5 heteroatoms. The van der Waals surface area contributed by atoms with Crippen LogP contribution in [0.1, 0.15) is 32.6 Å². The van der Waals surface area contributed by atoms with Crippen molar-refractivity contribution in [3.8, 4) is 0 Å². The highest BCUT2D eigenvalue weighted by molar-refractivity contribution is 5.79. The summed E-state index contributed by atoms with van der Waals surface area (Å²) in [4.78, 5) is 11.6. The number of hydrogen-bond donors (Lipinski definition) is 2. The normalized spacial score (nSPS) is 27.5. The number of aromatic nitrogens is 2. The molecular formula is C13H21N3O2. The van der Waals surface area contributed by atoms with Gasteiger partial charge in [0.15, 0.2) is 0 Å². The highest BCUT2D eigenvalue weighted by atomic mass is 16.4. The molecule has 0 spiro atoms. The lowest BCUT2D eigenvalue weighted by Crippen LogP contribution is -2.54. The van der Waals surface area contributed by atoms with Crippen molar-refractivity contribution >= 4 is 5.97 Å². The average molecular weight is 251 g/mol. The van der Waals surface area contributed by atoms with Gasteiger partial charge in [-0.1, -0.05) is 13.3 Å². The molecule has 0 bridgehead atoms. The van der Waals surface area contributed by atoms with Gasteiger partial charge in [0.25, 0.3) is 0 Å². The summed E-state index contributed by atoms with van der Waals surface area (Å²) in [6.45, 7) is 3.45. The third-order valence-corrected chi connectivity index (χ3v) is 3.96. The highest BCUT2D eigenvalue weighted by Crippen LogP contribution is 2.38. The van der Waals surface area contributed by atoms with Gasteiger partial charge in [0.2, 0.25) is 0 Å². The quantitative estimate of drug-likeness (QED) is 0.804. The summed E-state index contributed by atoms with van der Waals surface area (Å²) < 4.78 is 1.87. The van der Waals surface area contributed by atoms with Gasteiger partial charge in [0.1, 0.15) is 5.54 Å². The molecule has 2 N–H and O–H groups in total. The molecule has 1 fully saturated rings. The standard InChI is InChI=1S/C13H21N3O2/c1-2-14-13(12(17)18)7-3-5-11(13)6-10-16-9-4-8-15-16/h4,8-9,11,14H,2-3,5-7,10H2,1H3,(H,17,18). The Morgan fingerprint density at radius 3 is 3.11 bits per heavy atom. The van der Waals surface area contributed by atoms with E-state index in [0.717, 1.165) is 32.2 Å². The van der Waals surface area contributed by atoms with Gasteiger partial charge in [-0.05, 0) is 37.8 Å². The molecule has 5 nitrogen and oxygen atoms in total. The van der Waals surface area contributed by atoms with E-state index in [1.165, 1.54) is 0 Å². The lowest BCUT2D eigenvalue weighted by molar-refractivity contribution is -0.146. The molecule has 0 radical (unpaired) electrons. The molecule has 1 aromatic heterocycles. The number of rotatable bonds is 6. The van der Waals surface area contributed by atoms with Gasteiger partial charge in [-0.25, -0.2) is 0 Å². The van der Waals surface area contributed by atoms with Gasteiger partial charge in [0.05, 0.1) is 0 Å². The maximum Gasteiger partial charge on any atom is 0.324 e. The fourth-order valence-electron chi connectivity index (χ4n) is 3.09. The summed E-state index contributed by atoms with van der Waals surface area (Å²) in [7, 11) is 0. The first-order chi connectivity index (χ1) is 8.69. The van der Waals surface area contributed by atoms with Crippen molar-refractivity contribution < 1.29 is 9.90 Å². The summed E-state index contributed by atoms with van der Waals surface area (Å²) in [5, 5.41) is 16.9. The van der Waals surface area contributed by atoms with Crippen LogP contribution in [0.25, 0.3) is 0 Å². The first-order valence-electron chi connectivity index (χ1n) is 6.65. The van der Waals surface area contributed by atoms with Crippen LogP contribution in [0, 0.1) is 5.92 Å². The number of aryl methyl sites for hydroxylation is 1. The number of likely N-dealkylation sites (N-methyl/N-ethyl adjacent to an activating group) is 1. The molecule has 2 atom stereocenters. The predicted molar refractivity (Wildman–Crippen MR) is 68.2 cm³/mol. The van der Waals surface area contributed by atoms with Crippen LogP contribution in [-0.2, 0) is 11.3 Å². The number of nitrogens with one attached hydrogen (secondary N) is 1. The Labute approximate surface area is 107 Å². The van der Waals surface area contributed by atoms with Crippen molar-refractivity contribution in [3.05, 3.63) is 18.5 Å². The second-order valence-electron chi connectivity index (χ2n) is 4.95. The van der Waals surface area contributed by atoms with E-state index in [9.17, 15) is 9.90 Å². The molecule has 1 heterocycles. The van der Waals surface area contributed by atoms with Crippen LogP contribution in [0.4, 0.5) is 0 Å². The van der Waals surface area contributed by atoms with E-state index in [4.69, 9.17) is 0 Å². The van der Waals surface area contributed by atoms with E-state index in [0.29, 0.717) is 6.54 Å². The highest BCUT2D eigenvalue weighted by Gasteiger charge is 2.48. The fraction of sp³-hybridized carbons (Fsp3) is 0.692. The van der Waals surface area contributed by atoms with Gasteiger partial charge in [0, 0.05) is 18.9 Å². The second kappa shape index (κ2) is 5.52. The van der Waals surface area contributed by atoms with E-state index in [1.807, 2.05) is 23.9 Å². The second-order valence-corrected chi connectivity index (χ2v) is 4.95. The van der Waals surface area contributed by atoms with Gasteiger partial charge in [-0.15, -0.1) is 0 Å². The lowest BCUT2D eigenvalue weighted by atomic mass is 9.84. The number of hydrogen-bond acceptors (Lipinski definition) is 3. The Balaban J connectivity index is 2.03. The van der Waals surface area contributed by atoms with Gasteiger partial charge < -0.3 is 10.4 Å². The van der Waals surface area contributed by atoms with Crippen molar-refractivity contribution in [2.45, 2.75) is 44.7 Å². The number of carbonyl (C=O) groups is 1. The van der Waals surface area contributed by atoms with Crippen molar-refractivity contribution in [2.24, 2.45) is 5.92 Å². The third kappa shape index (κ3) is 2.41. The number of nitrogens with zero attached hydrogens (tertiary/aromatic N) is 2. The van der Waals surface area contributed by atoms with E-state index in [1.54, 1.807) is 6.20 Å². The summed E-state index contributed by atoms with van der Waals surface area (Å²) >= 11 is 0. The Bertz CT molecular complexity index is 391. The SMILES string of the molecule is CCNC1(C(=O)O)CCCC1CCn1cccn1. The van der Waals surface area contributed by atoms with Crippen LogP contribution in [0.5, 0.6) is 0 Å². The molecule has 0 aliphatic heterocycles. The number of carboxylic acid groups (broad SMARTS) is 1. The minimum absolute atomic E-state index is 0.194. The van der Waals surface area contributed by atoms with Crippen LogP contribution in [0.15, 0.2) is 18.5 Å². The average Bonchev–Trinajstić information content (AvgIpc) is 2.96. The minimum atomic E-state index is -0.720. The zero-order valence-corrected chi connectivity index (χ0v) is 10.8. The van der Waals surface area contributed by atoms with E-state index >= 15 is 0 Å². The largest absolute Gasteiger partial charge is 0.480 e. The third-order valence-electron chi connectivity index (χ3n) is 3.96. The summed E-state index contributed by atoms with van der Waals surface area (Å²) in [6, 6.07) is 1.89. The van der Waals surface area contributed by atoms with Crippen LogP contribution in [-0.4, -0.2) is 32.9 Å². The molecule has 18 heavy (non-hydrogen) atoms. The summed E-state index contributed by atoms with van der Waals surface area (Å²) in [6.07, 6.45) is 7.25. The molecular weight excluding hydrogens is 230 g/mol. The molecule has 2 rings (SSSR count). The van der Waals surface area contributed by atoms with Crippen molar-refractivity contribution in [1.29, 1.82) is 0 Å².